The largest absolute Gasteiger partial charge is 0.444 e. The van der Waals surface area contributed by atoms with Gasteiger partial charge in [-0.2, -0.15) is 0 Å². The molecular formula is C16H25N5O3. The van der Waals surface area contributed by atoms with Gasteiger partial charge in [-0.05, 0) is 39.7 Å². The third-order valence-electron chi connectivity index (χ3n) is 3.46. The minimum Gasteiger partial charge on any atom is -0.444 e. The molecule has 2 N–H and O–H groups in total. The van der Waals surface area contributed by atoms with E-state index in [1.54, 1.807) is 18.5 Å². The molecule has 1 atom stereocenters. The van der Waals surface area contributed by atoms with Crippen molar-refractivity contribution >= 4 is 17.9 Å². The van der Waals surface area contributed by atoms with Gasteiger partial charge in [-0.15, -0.1) is 0 Å². The van der Waals surface area contributed by atoms with Crippen LogP contribution in [-0.4, -0.2) is 58.1 Å². The van der Waals surface area contributed by atoms with Gasteiger partial charge in [-0.25, -0.2) is 14.8 Å². The average Bonchev–Trinajstić information content (AvgIpc) is 3.00. The van der Waals surface area contributed by atoms with Crippen molar-refractivity contribution in [1.82, 2.24) is 20.2 Å². The zero-order valence-electron chi connectivity index (χ0n) is 14.4. The van der Waals surface area contributed by atoms with Gasteiger partial charge in [0.05, 0.1) is 0 Å². The summed E-state index contributed by atoms with van der Waals surface area (Å²) in [7, 11) is 0. The summed E-state index contributed by atoms with van der Waals surface area (Å²) in [4.78, 5) is 34.1. The summed E-state index contributed by atoms with van der Waals surface area (Å²) >= 11 is 0. The van der Waals surface area contributed by atoms with E-state index in [1.807, 2.05) is 20.8 Å². The molecule has 1 fully saturated rings. The van der Waals surface area contributed by atoms with E-state index in [0.717, 1.165) is 6.42 Å². The van der Waals surface area contributed by atoms with Crippen molar-refractivity contribution in [2.24, 2.45) is 0 Å². The lowest BCUT2D eigenvalue weighted by Crippen LogP contribution is -2.48. The Morgan fingerprint density at radius 2 is 2.00 bits per heavy atom. The van der Waals surface area contributed by atoms with Crippen LogP contribution in [0.15, 0.2) is 18.5 Å². The molecule has 132 valence electrons. The first kappa shape index (κ1) is 18.0. The van der Waals surface area contributed by atoms with Gasteiger partial charge in [0.2, 0.25) is 11.9 Å². The highest BCUT2D eigenvalue weighted by atomic mass is 16.6. The fourth-order valence-electron chi connectivity index (χ4n) is 2.45. The van der Waals surface area contributed by atoms with E-state index in [2.05, 4.69) is 20.6 Å². The third-order valence-corrected chi connectivity index (χ3v) is 3.46. The Morgan fingerprint density at radius 1 is 1.29 bits per heavy atom. The molecule has 8 heteroatoms. The molecule has 0 unspecified atom stereocenters. The van der Waals surface area contributed by atoms with Crippen LogP contribution in [0.4, 0.5) is 10.7 Å². The predicted octanol–water partition coefficient (Wildman–Crippen LogP) is 1.40. The summed E-state index contributed by atoms with van der Waals surface area (Å²) in [5.74, 6) is 0.358. The van der Waals surface area contributed by atoms with Crippen LogP contribution in [0.1, 0.15) is 33.6 Å². The maximum Gasteiger partial charge on any atom is 0.410 e. The highest BCUT2D eigenvalue weighted by Crippen LogP contribution is 2.20. The molecule has 0 aromatic carbocycles. The monoisotopic (exact) mass is 335 g/mol. The topological polar surface area (TPSA) is 96.5 Å². The van der Waals surface area contributed by atoms with Crippen LogP contribution in [0.25, 0.3) is 0 Å². The highest BCUT2D eigenvalue weighted by molar-refractivity contribution is 5.86. The van der Waals surface area contributed by atoms with Crippen LogP contribution in [0, 0.1) is 0 Å². The van der Waals surface area contributed by atoms with Crippen molar-refractivity contribution in [1.29, 1.82) is 0 Å². The van der Waals surface area contributed by atoms with Crippen molar-refractivity contribution in [2.75, 3.05) is 25.0 Å². The van der Waals surface area contributed by atoms with Crippen LogP contribution in [-0.2, 0) is 9.53 Å². The minimum absolute atomic E-state index is 0.158. The van der Waals surface area contributed by atoms with Crippen LogP contribution < -0.4 is 10.6 Å². The van der Waals surface area contributed by atoms with Gasteiger partial charge in [0.15, 0.2) is 0 Å². The summed E-state index contributed by atoms with van der Waals surface area (Å²) in [6, 6.07) is 1.27. The molecule has 0 saturated carbocycles. The third kappa shape index (κ3) is 5.36. The molecule has 0 radical (unpaired) electrons. The molecule has 24 heavy (non-hydrogen) atoms. The van der Waals surface area contributed by atoms with Crippen molar-refractivity contribution in [2.45, 2.75) is 45.3 Å². The van der Waals surface area contributed by atoms with E-state index in [1.165, 1.54) is 4.90 Å². The van der Waals surface area contributed by atoms with Gasteiger partial charge in [-0.3, -0.25) is 9.69 Å². The SMILES string of the molecule is CC(C)(C)OC(=O)N1CCC[C@H]1C(=O)NCCNc1ncccn1. The molecule has 1 aliphatic rings. The number of hydrogen-bond donors (Lipinski definition) is 2. The first-order valence-corrected chi connectivity index (χ1v) is 8.15. The molecular weight excluding hydrogens is 310 g/mol. The molecule has 0 spiro atoms. The molecule has 2 amide bonds. The van der Waals surface area contributed by atoms with Crippen molar-refractivity contribution in [3.05, 3.63) is 18.5 Å². The number of anilines is 1. The van der Waals surface area contributed by atoms with E-state index in [0.29, 0.717) is 32.0 Å². The molecule has 1 saturated heterocycles. The van der Waals surface area contributed by atoms with E-state index in [4.69, 9.17) is 4.74 Å². The summed E-state index contributed by atoms with van der Waals surface area (Å²) in [6.45, 7) is 6.92. The fraction of sp³-hybridized carbons (Fsp3) is 0.625. The van der Waals surface area contributed by atoms with E-state index >= 15 is 0 Å². The molecule has 1 aromatic heterocycles. The molecule has 1 aliphatic heterocycles. The number of likely N-dealkylation sites (tertiary alicyclic amines) is 1. The smallest absolute Gasteiger partial charge is 0.410 e. The summed E-state index contributed by atoms with van der Waals surface area (Å²) in [5.41, 5.74) is -0.569. The van der Waals surface area contributed by atoms with Gasteiger partial charge >= 0.3 is 6.09 Å². The quantitative estimate of drug-likeness (QED) is 0.790. The summed E-state index contributed by atoms with van der Waals surface area (Å²) < 4.78 is 5.36. The number of amides is 2. The predicted molar refractivity (Wildman–Crippen MR) is 89.5 cm³/mol. The molecule has 0 aliphatic carbocycles. The highest BCUT2D eigenvalue weighted by Gasteiger charge is 2.36. The first-order chi connectivity index (χ1) is 11.4. The molecule has 0 bridgehead atoms. The fourth-order valence-corrected chi connectivity index (χ4v) is 2.45. The number of carbonyl (C=O) groups is 2. The molecule has 2 heterocycles. The van der Waals surface area contributed by atoms with Gasteiger partial charge in [-0.1, -0.05) is 0 Å². The lowest BCUT2D eigenvalue weighted by molar-refractivity contribution is -0.125. The van der Waals surface area contributed by atoms with Gasteiger partial charge in [0.1, 0.15) is 11.6 Å². The second-order valence-electron chi connectivity index (χ2n) is 6.62. The maximum atomic E-state index is 12.3. The molecule has 1 aromatic rings. The summed E-state index contributed by atoms with van der Waals surface area (Å²) in [6.07, 6.45) is 4.31. The van der Waals surface area contributed by atoms with Gasteiger partial charge in [0, 0.05) is 32.0 Å². The normalized spacial score (nSPS) is 17.5. The lowest BCUT2D eigenvalue weighted by Gasteiger charge is -2.28. The maximum absolute atomic E-state index is 12.3. The Hall–Kier alpha value is -2.38. The standard InChI is InChI=1S/C16H25N5O3/c1-16(2,3)24-15(23)21-11-4-6-12(21)13(22)17-9-10-20-14-18-7-5-8-19-14/h5,7-8,12H,4,6,9-11H2,1-3H3,(H,17,22)(H,18,19,20)/t12-/m0/s1. The van der Waals surface area contributed by atoms with Gasteiger partial charge in [0.25, 0.3) is 0 Å². The average molecular weight is 335 g/mol. The van der Waals surface area contributed by atoms with E-state index in [9.17, 15) is 9.59 Å². The Labute approximate surface area is 142 Å². The number of carbonyl (C=O) groups excluding carboxylic acids is 2. The van der Waals surface area contributed by atoms with Crippen molar-refractivity contribution < 1.29 is 14.3 Å². The first-order valence-electron chi connectivity index (χ1n) is 8.15. The van der Waals surface area contributed by atoms with Crippen molar-refractivity contribution in [3.63, 3.8) is 0 Å². The number of nitrogens with zero attached hydrogens (tertiary/aromatic N) is 3. The zero-order chi connectivity index (χ0) is 17.6. The Bertz CT molecular complexity index is 559. The molecule has 2 rings (SSSR count). The van der Waals surface area contributed by atoms with Gasteiger partial charge < -0.3 is 15.4 Å². The number of ether oxygens (including phenoxy) is 1. The second kappa shape index (κ2) is 7.94. The number of rotatable bonds is 5. The van der Waals surface area contributed by atoms with Crippen LogP contribution >= 0.6 is 0 Å². The van der Waals surface area contributed by atoms with Crippen LogP contribution in [0.5, 0.6) is 0 Å². The zero-order valence-corrected chi connectivity index (χ0v) is 14.4. The number of nitrogens with one attached hydrogen (secondary N) is 2. The molecule has 8 nitrogen and oxygen atoms in total. The lowest BCUT2D eigenvalue weighted by atomic mass is 10.2. The number of hydrogen-bond acceptors (Lipinski definition) is 6. The van der Waals surface area contributed by atoms with Crippen LogP contribution in [0.3, 0.4) is 0 Å². The second-order valence-corrected chi connectivity index (χ2v) is 6.62. The van der Waals surface area contributed by atoms with E-state index in [-0.39, 0.29) is 5.91 Å². The Morgan fingerprint density at radius 3 is 2.67 bits per heavy atom. The Kier molecular flexibility index (Phi) is 5.94. The van der Waals surface area contributed by atoms with Crippen LogP contribution in [0.2, 0.25) is 0 Å². The Balaban J connectivity index is 1.77. The summed E-state index contributed by atoms with van der Waals surface area (Å²) in [5, 5.41) is 5.85. The van der Waals surface area contributed by atoms with Crippen molar-refractivity contribution in [3.8, 4) is 0 Å². The minimum atomic E-state index is -0.569. The number of aromatic nitrogens is 2. The van der Waals surface area contributed by atoms with E-state index < -0.39 is 17.7 Å².